The Balaban J connectivity index is 4.36. The van der Waals surface area contributed by atoms with Crippen molar-refractivity contribution in [3.63, 3.8) is 0 Å². The van der Waals surface area contributed by atoms with Crippen LogP contribution in [0.5, 0.6) is 0 Å². The fourth-order valence-electron chi connectivity index (χ4n) is 1.18. The monoisotopic (exact) mass is 324 g/mol. The SMILES string of the molecule is CC/C(=C\C=C(/C)OI)C[C@H](C)C(C)O. The maximum Gasteiger partial charge on any atom is 0.192 e. The van der Waals surface area contributed by atoms with E-state index in [-0.39, 0.29) is 6.10 Å². The molecule has 0 aliphatic carbocycles. The summed E-state index contributed by atoms with van der Waals surface area (Å²) in [5, 5.41) is 9.42. The molecule has 0 amide bonds. The van der Waals surface area contributed by atoms with Crippen LogP contribution in [0.25, 0.3) is 0 Å². The molecule has 0 radical (unpaired) electrons. The minimum Gasteiger partial charge on any atom is -0.433 e. The molecule has 1 N–H and O–H groups in total. The van der Waals surface area contributed by atoms with E-state index in [9.17, 15) is 5.11 Å². The Bertz CT molecular complexity index is 232. The van der Waals surface area contributed by atoms with Crippen LogP contribution in [0.3, 0.4) is 0 Å². The smallest absolute Gasteiger partial charge is 0.192 e. The first-order valence-corrected chi connectivity index (χ1v) is 6.22. The normalized spacial score (nSPS) is 17.5. The zero-order chi connectivity index (χ0) is 11.8. The molecule has 0 bridgehead atoms. The van der Waals surface area contributed by atoms with E-state index in [0.29, 0.717) is 5.92 Å². The lowest BCUT2D eigenvalue weighted by atomic mass is 9.95. The first kappa shape index (κ1) is 15.0. The Morgan fingerprint density at radius 3 is 2.40 bits per heavy atom. The molecule has 0 aromatic carbocycles. The number of rotatable bonds is 6. The van der Waals surface area contributed by atoms with Crippen LogP contribution in [0.15, 0.2) is 23.5 Å². The highest BCUT2D eigenvalue weighted by Gasteiger charge is 2.09. The zero-order valence-corrected chi connectivity index (χ0v) is 12.1. The third kappa shape index (κ3) is 6.95. The Morgan fingerprint density at radius 2 is 2.00 bits per heavy atom. The summed E-state index contributed by atoms with van der Waals surface area (Å²) in [6.07, 6.45) is 5.78. The van der Waals surface area contributed by atoms with Gasteiger partial charge in [0, 0.05) is 0 Å². The Hall–Kier alpha value is -0.0300. The molecule has 2 atom stereocenters. The van der Waals surface area contributed by atoms with Gasteiger partial charge in [-0.3, -0.25) is 0 Å². The van der Waals surface area contributed by atoms with Gasteiger partial charge in [0.1, 0.15) is 5.76 Å². The minimum atomic E-state index is -0.245. The number of aliphatic hydroxyl groups excluding tert-OH is 1. The highest BCUT2D eigenvalue weighted by molar-refractivity contribution is 14.1. The van der Waals surface area contributed by atoms with Gasteiger partial charge in [-0.15, -0.1) is 0 Å². The van der Waals surface area contributed by atoms with E-state index in [2.05, 4.69) is 19.9 Å². The van der Waals surface area contributed by atoms with Gasteiger partial charge in [0.15, 0.2) is 23.0 Å². The Morgan fingerprint density at radius 1 is 1.40 bits per heavy atom. The summed E-state index contributed by atoms with van der Waals surface area (Å²) in [6, 6.07) is 0. The van der Waals surface area contributed by atoms with Gasteiger partial charge in [0.2, 0.25) is 0 Å². The summed E-state index contributed by atoms with van der Waals surface area (Å²) in [4.78, 5) is 0. The lowest BCUT2D eigenvalue weighted by molar-refractivity contribution is 0.134. The lowest BCUT2D eigenvalue weighted by Crippen LogP contribution is -2.13. The van der Waals surface area contributed by atoms with Crippen LogP contribution < -0.4 is 0 Å². The van der Waals surface area contributed by atoms with Gasteiger partial charge in [0.25, 0.3) is 0 Å². The maximum atomic E-state index is 9.42. The molecule has 0 spiro atoms. The van der Waals surface area contributed by atoms with Crippen LogP contribution in [0.2, 0.25) is 0 Å². The van der Waals surface area contributed by atoms with Gasteiger partial charge in [-0.05, 0) is 38.7 Å². The van der Waals surface area contributed by atoms with Gasteiger partial charge < -0.3 is 8.17 Å². The zero-order valence-electron chi connectivity index (χ0n) is 9.96. The maximum absolute atomic E-state index is 9.42. The molecule has 2 nitrogen and oxygen atoms in total. The second-order valence-corrected chi connectivity index (χ2v) is 4.40. The summed E-state index contributed by atoms with van der Waals surface area (Å²) in [5.41, 5.74) is 1.34. The number of halogens is 1. The first-order valence-electron chi connectivity index (χ1n) is 5.34. The lowest BCUT2D eigenvalue weighted by Gasteiger charge is -2.15. The van der Waals surface area contributed by atoms with Crippen molar-refractivity contribution >= 4 is 23.0 Å². The molecule has 0 aromatic heterocycles. The second-order valence-electron chi connectivity index (χ2n) is 3.95. The van der Waals surface area contributed by atoms with E-state index in [0.717, 1.165) is 18.6 Å². The number of hydrogen-bond acceptors (Lipinski definition) is 2. The summed E-state index contributed by atoms with van der Waals surface area (Å²) in [6.45, 7) is 7.97. The van der Waals surface area contributed by atoms with Crippen LogP contribution >= 0.6 is 23.0 Å². The third-order valence-corrected chi connectivity index (χ3v) is 3.23. The van der Waals surface area contributed by atoms with Crippen LogP contribution in [0.4, 0.5) is 0 Å². The second kappa shape index (κ2) is 8.16. The quantitative estimate of drug-likeness (QED) is 0.455. The molecule has 0 saturated heterocycles. The van der Waals surface area contributed by atoms with E-state index in [1.807, 2.05) is 42.9 Å². The van der Waals surface area contributed by atoms with E-state index in [4.69, 9.17) is 3.07 Å². The van der Waals surface area contributed by atoms with Crippen molar-refractivity contribution in [2.24, 2.45) is 5.92 Å². The summed E-state index contributed by atoms with van der Waals surface area (Å²) in [5.74, 6) is 1.21. The van der Waals surface area contributed by atoms with Crippen LogP contribution in [0, 0.1) is 5.92 Å². The van der Waals surface area contributed by atoms with E-state index in [1.54, 1.807) is 0 Å². The van der Waals surface area contributed by atoms with Crippen LogP contribution in [-0.2, 0) is 3.07 Å². The summed E-state index contributed by atoms with van der Waals surface area (Å²) < 4.78 is 5.03. The number of aliphatic hydroxyl groups is 1. The van der Waals surface area contributed by atoms with Crippen molar-refractivity contribution in [3.05, 3.63) is 23.5 Å². The van der Waals surface area contributed by atoms with Gasteiger partial charge in [-0.1, -0.05) is 25.5 Å². The minimum absolute atomic E-state index is 0.245. The molecule has 0 aliphatic rings. The standard InChI is InChI=1S/C12H21IO2/c1-5-12(7-6-10(3)15-13)8-9(2)11(4)14/h6-7,9,11,14H,5,8H2,1-4H3/b10-6+,12-7+/t9-,11?/m0/s1. The van der Waals surface area contributed by atoms with Gasteiger partial charge >= 0.3 is 0 Å². The fourth-order valence-corrected chi connectivity index (χ4v) is 1.32. The van der Waals surface area contributed by atoms with Crippen molar-refractivity contribution in [1.82, 2.24) is 0 Å². The third-order valence-electron chi connectivity index (χ3n) is 2.54. The molecule has 0 rings (SSSR count). The van der Waals surface area contributed by atoms with Gasteiger partial charge in [-0.2, -0.15) is 0 Å². The van der Waals surface area contributed by atoms with Gasteiger partial charge in [-0.25, -0.2) is 0 Å². The van der Waals surface area contributed by atoms with Crippen molar-refractivity contribution in [2.75, 3.05) is 0 Å². The molecular weight excluding hydrogens is 303 g/mol. The molecule has 1 unspecified atom stereocenters. The molecule has 0 aliphatic heterocycles. The van der Waals surface area contributed by atoms with E-state index < -0.39 is 0 Å². The highest BCUT2D eigenvalue weighted by Crippen LogP contribution is 2.18. The van der Waals surface area contributed by atoms with E-state index >= 15 is 0 Å². The number of hydrogen-bond donors (Lipinski definition) is 1. The number of allylic oxidation sites excluding steroid dienone is 4. The predicted molar refractivity (Wildman–Crippen MR) is 72.7 cm³/mol. The van der Waals surface area contributed by atoms with Crippen molar-refractivity contribution < 1.29 is 8.17 Å². The fraction of sp³-hybridized carbons (Fsp3) is 0.667. The average Bonchev–Trinajstić information content (AvgIpc) is 2.22. The Kier molecular flexibility index (Phi) is 8.14. The molecule has 88 valence electrons. The molecule has 0 fully saturated rings. The predicted octanol–water partition coefficient (Wildman–Crippen LogP) is 4.00. The van der Waals surface area contributed by atoms with Crippen molar-refractivity contribution in [1.29, 1.82) is 0 Å². The summed E-state index contributed by atoms with van der Waals surface area (Å²) >= 11 is 1.87. The van der Waals surface area contributed by atoms with Gasteiger partial charge in [0.05, 0.1) is 6.10 Å². The highest BCUT2D eigenvalue weighted by atomic mass is 127. The Labute approximate surface area is 107 Å². The first-order chi connectivity index (χ1) is 7.01. The van der Waals surface area contributed by atoms with Crippen LogP contribution in [-0.4, -0.2) is 11.2 Å². The van der Waals surface area contributed by atoms with E-state index in [1.165, 1.54) is 5.57 Å². The average molecular weight is 324 g/mol. The molecule has 0 heterocycles. The summed E-state index contributed by atoms with van der Waals surface area (Å²) in [7, 11) is 0. The molecule has 15 heavy (non-hydrogen) atoms. The molecule has 0 saturated carbocycles. The molecule has 0 aromatic rings. The topological polar surface area (TPSA) is 29.5 Å². The largest absolute Gasteiger partial charge is 0.433 e. The van der Waals surface area contributed by atoms with Crippen LogP contribution in [0.1, 0.15) is 40.5 Å². The van der Waals surface area contributed by atoms with Crippen molar-refractivity contribution in [3.8, 4) is 0 Å². The molecular formula is C12H21IO2. The molecule has 3 heteroatoms. The van der Waals surface area contributed by atoms with Crippen molar-refractivity contribution in [2.45, 2.75) is 46.6 Å².